The molecule has 0 bridgehead atoms. The van der Waals surface area contributed by atoms with E-state index in [0.29, 0.717) is 5.92 Å². The van der Waals surface area contributed by atoms with Crippen molar-refractivity contribution >= 4 is 6.09 Å². The summed E-state index contributed by atoms with van der Waals surface area (Å²) in [6, 6.07) is 17.9. The van der Waals surface area contributed by atoms with Crippen molar-refractivity contribution in [2.24, 2.45) is 5.92 Å². The fourth-order valence-corrected chi connectivity index (χ4v) is 3.19. The maximum Gasteiger partial charge on any atom is 0.410 e. The predicted molar refractivity (Wildman–Crippen MR) is 103 cm³/mol. The molecule has 1 atom stereocenters. The minimum Gasteiger partial charge on any atom is -0.457 e. The van der Waals surface area contributed by atoms with Crippen LogP contribution in [-0.2, 0) is 11.2 Å². The van der Waals surface area contributed by atoms with Crippen LogP contribution in [0.1, 0.15) is 32.8 Å². The third-order valence-corrected chi connectivity index (χ3v) is 4.39. The zero-order valence-electron chi connectivity index (χ0n) is 15.8. The van der Waals surface area contributed by atoms with Gasteiger partial charge in [-0.2, -0.15) is 0 Å². The Morgan fingerprint density at radius 1 is 1.08 bits per heavy atom. The van der Waals surface area contributed by atoms with Crippen LogP contribution < -0.4 is 4.74 Å². The van der Waals surface area contributed by atoms with Gasteiger partial charge in [0.05, 0.1) is 0 Å². The number of hydrogen-bond acceptors (Lipinski definition) is 3. The van der Waals surface area contributed by atoms with Crippen molar-refractivity contribution < 1.29 is 14.3 Å². The highest BCUT2D eigenvalue weighted by molar-refractivity contribution is 5.68. The van der Waals surface area contributed by atoms with Crippen LogP contribution in [-0.4, -0.2) is 29.7 Å². The van der Waals surface area contributed by atoms with Gasteiger partial charge in [-0.15, -0.1) is 0 Å². The molecule has 1 amide bonds. The molecule has 0 saturated carbocycles. The van der Waals surface area contributed by atoms with Gasteiger partial charge in [-0.05, 0) is 63.3 Å². The second-order valence-electron chi connectivity index (χ2n) is 7.81. The Labute approximate surface area is 155 Å². The minimum absolute atomic E-state index is 0.214. The first-order valence-corrected chi connectivity index (χ1v) is 9.19. The summed E-state index contributed by atoms with van der Waals surface area (Å²) in [6.07, 6.45) is 1.66. The number of rotatable bonds is 4. The van der Waals surface area contributed by atoms with Crippen LogP contribution in [0.15, 0.2) is 54.6 Å². The van der Waals surface area contributed by atoms with Gasteiger partial charge in [0.25, 0.3) is 0 Å². The molecule has 1 aliphatic rings. The number of likely N-dealkylation sites (tertiary alicyclic amines) is 1. The predicted octanol–water partition coefficient (Wildman–Crippen LogP) is 5.28. The first kappa shape index (κ1) is 18.3. The molecule has 4 heteroatoms. The second-order valence-corrected chi connectivity index (χ2v) is 7.81. The van der Waals surface area contributed by atoms with E-state index in [9.17, 15) is 4.79 Å². The lowest BCUT2D eigenvalue weighted by Crippen LogP contribution is -2.35. The van der Waals surface area contributed by atoms with E-state index in [2.05, 4.69) is 6.07 Å². The highest BCUT2D eigenvalue weighted by Crippen LogP contribution is 2.30. The highest BCUT2D eigenvalue weighted by atomic mass is 16.6. The van der Waals surface area contributed by atoms with Gasteiger partial charge in [0.1, 0.15) is 17.1 Å². The Hall–Kier alpha value is -2.49. The lowest BCUT2D eigenvalue weighted by Gasteiger charge is -2.24. The quantitative estimate of drug-likeness (QED) is 0.751. The normalized spacial score (nSPS) is 17.2. The molecule has 2 aromatic rings. The van der Waals surface area contributed by atoms with E-state index in [1.165, 1.54) is 5.56 Å². The monoisotopic (exact) mass is 353 g/mol. The van der Waals surface area contributed by atoms with Crippen molar-refractivity contribution in [3.05, 3.63) is 60.2 Å². The molecule has 0 radical (unpaired) electrons. The highest BCUT2D eigenvalue weighted by Gasteiger charge is 2.30. The number of carbonyl (C=O) groups excluding carboxylic acids is 1. The smallest absolute Gasteiger partial charge is 0.410 e. The van der Waals surface area contributed by atoms with E-state index in [4.69, 9.17) is 9.47 Å². The summed E-state index contributed by atoms with van der Waals surface area (Å²) in [5, 5.41) is 0. The van der Waals surface area contributed by atoms with Crippen molar-refractivity contribution in [2.45, 2.75) is 39.2 Å². The van der Waals surface area contributed by atoms with Crippen molar-refractivity contribution in [1.82, 2.24) is 4.90 Å². The Kier molecular flexibility index (Phi) is 5.50. The lowest BCUT2D eigenvalue weighted by atomic mass is 9.98. The molecule has 0 aliphatic carbocycles. The number of hydrogen-bond donors (Lipinski definition) is 0. The summed E-state index contributed by atoms with van der Waals surface area (Å²) < 4.78 is 11.5. The number of nitrogens with zero attached hydrogens (tertiary/aromatic N) is 1. The van der Waals surface area contributed by atoms with Gasteiger partial charge in [0.15, 0.2) is 0 Å². The van der Waals surface area contributed by atoms with Crippen molar-refractivity contribution in [1.29, 1.82) is 0 Å². The van der Waals surface area contributed by atoms with Crippen LogP contribution in [0.2, 0.25) is 0 Å². The fourth-order valence-electron chi connectivity index (χ4n) is 3.19. The molecule has 1 saturated heterocycles. The van der Waals surface area contributed by atoms with Gasteiger partial charge < -0.3 is 14.4 Å². The molecule has 26 heavy (non-hydrogen) atoms. The van der Waals surface area contributed by atoms with Crippen molar-refractivity contribution in [3.63, 3.8) is 0 Å². The minimum atomic E-state index is -0.453. The average molecular weight is 353 g/mol. The summed E-state index contributed by atoms with van der Waals surface area (Å²) in [4.78, 5) is 14.1. The number of amides is 1. The van der Waals surface area contributed by atoms with Crippen LogP contribution in [0.5, 0.6) is 11.5 Å². The van der Waals surface area contributed by atoms with Crippen LogP contribution in [0.4, 0.5) is 4.79 Å². The molecule has 0 aromatic heterocycles. The summed E-state index contributed by atoms with van der Waals surface area (Å²) in [7, 11) is 0. The van der Waals surface area contributed by atoms with E-state index in [1.807, 2.05) is 74.2 Å². The molecule has 0 spiro atoms. The summed E-state index contributed by atoms with van der Waals surface area (Å²) in [5.41, 5.74) is 0.720. The first-order valence-electron chi connectivity index (χ1n) is 9.19. The Morgan fingerprint density at radius 2 is 1.77 bits per heavy atom. The Bertz CT molecular complexity index is 737. The lowest BCUT2D eigenvalue weighted by molar-refractivity contribution is 0.0288. The zero-order valence-corrected chi connectivity index (χ0v) is 15.8. The number of para-hydroxylation sites is 2. The molecule has 1 aliphatic heterocycles. The van der Waals surface area contributed by atoms with Crippen molar-refractivity contribution in [2.75, 3.05) is 13.1 Å². The van der Waals surface area contributed by atoms with E-state index in [0.717, 1.165) is 37.4 Å². The molecule has 3 rings (SSSR count). The molecule has 138 valence electrons. The topological polar surface area (TPSA) is 38.8 Å². The first-order chi connectivity index (χ1) is 12.4. The molecule has 1 heterocycles. The van der Waals surface area contributed by atoms with Gasteiger partial charge in [0, 0.05) is 13.1 Å². The SMILES string of the molecule is CC(C)(C)OC(=O)N1CCC(Cc2ccccc2Oc2ccccc2)C1. The fraction of sp³-hybridized carbons (Fsp3) is 0.409. The third-order valence-electron chi connectivity index (χ3n) is 4.39. The Morgan fingerprint density at radius 3 is 2.50 bits per heavy atom. The largest absolute Gasteiger partial charge is 0.457 e. The van der Waals surface area contributed by atoms with E-state index in [-0.39, 0.29) is 6.09 Å². The van der Waals surface area contributed by atoms with Crippen molar-refractivity contribution in [3.8, 4) is 11.5 Å². The summed E-state index contributed by atoms with van der Waals surface area (Å²) >= 11 is 0. The molecular formula is C22H27NO3. The summed E-state index contributed by atoms with van der Waals surface area (Å²) in [6.45, 7) is 7.18. The molecule has 1 fully saturated rings. The summed E-state index contributed by atoms with van der Waals surface area (Å²) in [5.74, 6) is 2.14. The van der Waals surface area contributed by atoms with E-state index >= 15 is 0 Å². The van der Waals surface area contributed by atoms with Crippen LogP contribution >= 0.6 is 0 Å². The molecule has 0 N–H and O–H groups in total. The van der Waals surface area contributed by atoms with Gasteiger partial charge in [-0.3, -0.25) is 0 Å². The molecule has 4 nitrogen and oxygen atoms in total. The van der Waals surface area contributed by atoms with Gasteiger partial charge in [-0.1, -0.05) is 36.4 Å². The number of carbonyl (C=O) groups is 1. The second kappa shape index (κ2) is 7.81. The van der Waals surface area contributed by atoms with Gasteiger partial charge in [0.2, 0.25) is 0 Å². The van der Waals surface area contributed by atoms with Crippen LogP contribution in [0, 0.1) is 5.92 Å². The maximum absolute atomic E-state index is 12.2. The standard InChI is InChI=1S/C22H27NO3/c1-22(2,3)26-21(24)23-14-13-17(16-23)15-18-9-7-8-12-20(18)25-19-10-5-4-6-11-19/h4-12,17H,13-16H2,1-3H3. The zero-order chi connectivity index (χ0) is 18.6. The van der Waals surface area contributed by atoms with Crippen LogP contribution in [0.25, 0.3) is 0 Å². The average Bonchev–Trinajstić information content (AvgIpc) is 3.05. The third kappa shape index (κ3) is 5.01. The van der Waals surface area contributed by atoms with Gasteiger partial charge >= 0.3 is 6.09 Å². The maximum atomic E-state index is 12.2. The van der Waals surface area contributed by atoms with E-state index < -0.39 is 5.60 Å². The van der Waals surface area contributed by atoms with E-state index in [1.54, 1.807) is 0 Å². The Balaban J connectivity index is 1.62. The number of ether oxygens (including phenoxy) is 2. The molecule has 2 aromatic carbocycles. The molecular weight excluding hydrogens is 326 g/mol. The number of benzene rings is 2. The molecule has 1 unspecified atom stereocenters. The van der Waals surface area contributed by atoms with Crippen LogP contribution in [0.3, 0.4) is 0 Å². The van der Waals surface area contributed by atoms with Gasteiger partial charge in [-0.25, -0.2) is 4.79 Å².